The Morgan fingerprint density at radius 3 is 2.58 bits per heavy atom. The third-order valence-corrected chi connectivity index (χ3v) is 3.55. The first-order valence-electron chi connectivity index (χ1n) is 6.52. The van der Waals surface area contributed by atoms with Crippen LogP contribution in [0.1, 0.15) is 42.4 Å². The molecule has 1 aliphatic rings. The van der Waals surface area contributed by atoms with Crippen LogP contribution in [-0.2, 0) is 6.18 Å². The lowest BCUT2D eigenvalue weighted by molar-refractivity contribution is -0.137. The molecule has 1 aromatic carbocycles. The van der Waals surface area contributed by atoms with Gasteiger partial charge in [0.1, 0.15) is 0 Å². The molecule has 2 rings (SSSR count). The van der Waals surface area contributed by atoms with Crippen LogP contribution < -0.4 is 5.73 Å². The Morgan fingerprint density at radius 1 is 1.21 bits per heavy atom. The maximum absolute atomic E-state index is 12.6. The van der Waals surface area contributed by atoms with Gasteiger partial charge in [0.25, 0.3) is 0 Å². The molecule has 0 amide bonds. The molecule has 0 spiro atoms. The van der Waals surface area contributed by atoms with Gasteiger partial charge in [0, 0.05) is 6.04 Å². The molecule has 0 saturated carbocycles. The van der Waals surface area contributed by atoms with E-state index in [0.717, 1.165) is 42.9 Å². The first-order valence-corrected chi connectivity index (χ1v) is 6.52. The molecule has 0 saturated heterocycles. The number of benzene rings is 1. The topological polar surface area (TPSA) is 26.0 Å². The van der Waals surface area contributed by atoms with E-state index in [1.165, 1.54) is 6.07 Å². The summed E-state index contributed by atoms with van der Waals surface area (Å²) in [6.45, 7) is 1.72. The minimum Gasteiger partial charge on any atom is -0.324 e. The highest BCUT2D eigenvalue weighted by molar-refractivity contribution is 5.69. The Hall–Kier alpha value is -1.29. The quantitative estimate of drug-likeness (QED) is 0.808. The van der Waals surface area contributed by atoms with Crippen molar-refractivity contribution < 1.29 is 13.2 Å². The van der Waals surface area contributed by atoms with Crippen molar-refractivity contribution in [2.24, 2.45) is 5.73 Å². The molecule has 4 heteroatoms. The van der Waals surface area contributed by atoms with Crippen LogP contribution in [0.15, 0.2) is 24.3 Å². The predicted octanol–water partition coefficient (Wildman–Crippen LogP) is 4.30. The molecular formula is C15H18F3N. The number of halogens is 3. The average molecular weight is 269 g/mol. The normalized spacial score (nSPS) is 20.9. The summed E-state index contributed by atoms with van der Waals surface area (Å²) in [7, 11) is 0. The molecule has 0 aromatic heterocycles. The third-order valence-electron chi connectivity index (χ3n) is 3.55. The molecule has 0 fully saturated rings. The number of allylic oxidation sites excluding steroid dienone is 1. The lowest BCUT2D eigenvalue weighted by atomic mass is 9.95. The highest BCUT2D eigenvalue weighted by Gasteiger charge is 2.30. The number of hydrogen-bond acceptors (Lipinski definition) is 1. The molecule has 1 atom stereocenters. The molecule has 0 aliphatic heterocycles. The zero-order chi connectivity index (χ0) is 14.0. The summed E-state index contributed by atoms with van der Waals surface area (Å²) in [5.74, 6) is 0. The molecule has 0 heterocycles. The molecule has 0 radical (unpaired) electrons. The molecule has 19 heavy (non-hydrogen) atoms. The van der Waals surface area contributed by atoms with Gasteiger partial charge in [0.15, 0.2) is 0 Å². The average Bonchev–Trinajstić information content (AvgIpc) is 2.52. The lowest BCUT2D eigenvalue weighted by Gasteiger charge is -2.13. The highest BCUT2D eigenvalue weighted by Crippen LogP contribution is 2.33. The molecule has 1 nitrogen and oxygen atoms in total. The summed E-state index contributed by atoms with van der Waals surface area (Å²) >= 11 is 0. The van der Waals surface area contributed by atoms with E-state index < -0.39 is 11.7 Å². The second-order valence-electron chi connectivity index (χ2n) is 5.13. The van der Waals surface area contributed by atoms with Gasteiger partial charge < -0.3 is 5.73 Å². The van der Waals surface area contributed by atoms with Crippen molar-refractivity contribution in [2.45, 2.75) is 44.8 Å². The number of hydrogen-bond donors (Lipinski definition) is 1. The predicted molar refractivity (Wildman–Crippen MR) is 70.6 cm³/mol. The Bertz CT molecular complexity index is 489. The number of aryl methyl sites for hydroxylation is 1. The SMILES string of the molecule is Cc1cc(C(F)(F)F)ccc1C1=CC(N)CCCC1. The van der Waals surface area contributed by atoms with Crippen LogP contribution in [0.5, 0.6) is 0 Å². The Balaban J connectivity index is 2.35. The first-order chi connectivity index (χ1) is 8.88. The van der Waals surface area contributed by atoms with Gasteiger partial charge >= 0.3 is 6.18 Å². The minimum atomic E-state index is -4.28. The van der Waals surface area contributed by atoms with E-state index in [9.17, 15) is 13.2 Å². The van der Waals surface area contributed by atoms with E-state index in [1.807, 2.05) is 6.08 Å². The monoisotopic (exact) mass is 269 g/mol. The van der Waals surface area contributed by atoms with E-state index in [0.29, 0.717) is 5.56 Å². The minimum absolute atomic E-state index is 0.0131. The first kappa shape index (κ1) is 14.1. The van der Waals surface area contributed by atoms with Crippen molar-refractivity contribution >= 4 is 5.57 Å². The molecule has 2 N–H and O–H groups in total. The fourth-order valence-electron chi connectivity index (χ4n) is 2.55. The van der Waals surface area contributed by atoms with Gasteiger partial charge in [-0.3, -0.25) is 0 Å². The Kier molecular flexibility index (Phi) is 3.99. The van der Waals surface area contributed by atoms with Gasteiger partial charge in [-0.2, -0.15) is 13.2 Å². The summed E-state index contributed by atoms with van der Waals surface area (Å²) < 4.78 is 37.9. The molecule has 1 unspecified atom stereocenters. The van der Waals surface area contributed by atoms with Gasteiger partial charge in [-0.15, -0.1) is 0 Å². The van der Waals surface area contributed by atoms with Crippen molar-refractivity contribution in [2.75, 3.05) is 0 Å². The van der Waals surface area contributed by atoms with E-state index in [2.05, 4.69) is 0 Å². The van der Waals surface area contributed by atoms with Crippen molar-refractivity contribution in [1.29, 1.82) is 0 Å². The van der Waals surface area contributed by atoms with Crippen LogP contribution in [0.3, 0.4) is 0 Å². The van der Waals surface area contributed by atoms with E-state index in [1.54, 1.807) is 13.0 Å². The largest absolute Gasteiger partial charge is 0.416 e. The molecule has 104 valence electrons. The number of nitrogens with two attached hydrogens (primary N) is 1. The Labute approximate surface area is 111 Å². The summed E-state index contributed by atoms with van der Waals surface area (Å²) in [6, 6.07) is 3.95. The maximum Gasteiger partial charge on any atom is 0.416 e. The van der Waals surface area contributed by atoms with Gasteiger partial charge in [0.05, 0.1) is 5.56 Å². The zero-order valence-corrected chi connectivity index (χ0v) is 10.9. The van der Waals surface area contributed by atoms with Crippen molar-refractivity contribution in [3.05, 3.63) is 41.0 Å². The second kappa shape index (κ2) is 5.37. The van der Waals surface area contributed by atoms with Crippen molar-refractivity contribution in [3.8, 4) is 0 Å². The van der Waals surface area contributed by atoms with Gasteiger partial charge in [-0.1, -0.05) is 18.6 Å². The van der Waals surface area contributed by atoms with Crippen molar-refractivity contribution in [3.63, 3.8) is 0 Å². The molecule has 1 aliphatic carbocycles. The fraction of sp³-hybridized carbons (Fsp3) is 0.467. The van der Waals surface area contributed by atoms with Crippen LogP contribution >= 0.6 is 0 Å². The van der Waals surface area contributed by atoms with Crippen LogP contribution in [0.4, 0.5) is 13.2 Å². The third kappa shape index (κ3) is 3.38. The molecule has 1 aromatic rings. The Morgan fingerprint density at radius 2 is 1.95 bits per heavy atom. The van der Waals surface area contributed by atoms with E-state index in [4.69, 9.17) is 5.73 Å². The summed E-state index contributed by atoms with van der Waals surface area (Å²) in [5.41, 5.74) is 8.00. The molecular weight excluding hydrogens is 251 g/mol. The van der Waals surface area contributed by atoms with Crippen LogP contribution in [0.25, 0.3) is 5.57 Å². The summed E-state index contributed by atoms with van der Waals surface area (Å²) in [4.78, 5) is 0. The fourth-order valence-corrected chi connectivity index (χ4v) is 2.55. The summed E-state index contributed by atoms with van der Waals surface area (Å²) in [6.07, 6.45) is 1.67. The lowest BCUT2D eigenvalue weighted by Crippen LogP contribution is -2.15. The van der Waals surface area contributed by atoms with Crippen LogP contribution in [0, 0.1) is 6.92 Å². The number of rotatable bonds is 1. The van der Waals surface area contributed by atoms with E-state index >= 15 is 0 Å². The molecule has 0 bridgehead atoms. The standard InChI is InChI=1S/C15H18F3N/c1-10-8-12(15(16,17)18)6-7-14(10)11-4-2-3-5-13(19)9-11/h6-9,13H,2-5,19H2,1H3. The summed E-state index contributed by atoms with van der Waals surface area (Å²) in [5, 5.41) is 0. The smallest absolute Gasteiger partial charge is 0.324 e. The van der Waals surface area contributed by atoms with Gasteiger partial charge in [-0.05, 0) is 55.0 Å². The van der Waals surface area contributed by atoms with Crippen LogP contribution in [0.2, 0.25) is 0 Å². The van der Waals surface area contributed by atoms with E-state index in [-0.39, 0.29) is 6.04 Å². The zero-order valence-electron chi connectivity index (χ0n) is 10.9. The second-order valence-corrected chi connectivity index (χ2v) is 5.13. The van der Waals surface area contributed by atoms with Gasteiger partial charge in [0.2, 0.25) is 0 Å². The van der Waals surface area contributed by atoms with Gasteiger partial charge in [-0.25, -0.2) is 0 Å². The highest BCUT2D eigenvalue weighted by atomic mass is 19.4. The van der Waals surface area contributed by atoms with Crippen LogP contribution in [-0.4, -0.2) is 6.04 Å². The maximum atomic E-state index is 12.6. The number of alkyl halides is 3. The van der Waals surface area contributed by atoms with Crippen molar-refractivity contribution in [1.82, 2.24) is 0 Å².